The van der Waals surface area contributed by atoms with E-state index in [1.165, 1.54) is 13.8 Å². The number of aryl methyl sites for hydroxylation is 1. The maximum atomic E-state index is 13.8. The number of rotatable bonds is 6. The first-order valence-electron chi connectivity index (χ1n) is 8.15. The maximum Gasteiger partial charge on any atom is 0.306 e. The number of sulfonamides is 1. The normalized spacial score (nSPS) is 12.7. The molecular formula is C17H14ClFN4O5S. The van der Waals surface area contributed by atoms with Crippen molar-refractivity contribution in [3.8, 4) is 11.5 Å². The first-order valence-corrected chi connectivity index (χ1v) is 10.0. The van der Waals surface area contributed by atoms with Gasteiger partial charge in [0.1, 0.15) is 0 Å². The minimum Gasteiger partial charge on any atom is -0.334 e. The molecule has 0 saturated heterocycles. The van der Waals surface area contributed by atoms with Crippen LogP contribution in [0.4, 0.5) is 10.1 Å². The van der Waals surface area contributed by atoms with Crippen molar-refractivity contribution in [3.63, 3.8) is 0 Å². The van der Waals surface area contributed by atoms with E-state index in [9.17, 15) is 22.9 Å². The molecule has 3 aromatic rings. The van der Waals surface area contributed by atoms with Crippen LogP contribution in [0.3, 0.4) is 0 Å². The van der Waals surface area contributed by atoms with Crippen LogP contribution in [0.15, 0.2) is 45.8 Å². The zero-order chi connectivity index (χ0) is 21.3. The fourth-order valence-corrected chi connectivity index (χ4v) is 3.91. The molecule has 29 heavy (non-hydrogen) atoms. The molecule has 9 nitrogen and oxygen atoms in total. The van der Waals surface area contributed by atoms with Gasteiger partial charge in [-0.05, 0) is 49.7 Å². The average molecular weight is 441 g/mol. The molecule has 3 rings (SSSR count). The van der Waals surface area contributed by atoms with Crippen LogP contribution in [-0.2, 0) is 10.0 Å². The van der Waals surface area contributed by atoms with Crippen molar-refractivity contribution in [1.82, 2.24) is 14.9 Å². The highest BCUT2D eigenvalue weighted by Crippen LogP contribution is 2.26. The second-order valence-corrected chi connectivity index (χ2v) is 8.29. The van der Waals surface area contributed by atoms with Gasteiger partial charge >= 0.3 is 5.69 Å². The lowest BCUT2D eigenvalue weighted by atomic mass is 10.2. The second-order valence-electron chi connectivity index (χ2n) is 6.14. The van der Waals surface area contributed by atoms with E-state index in [4.69, 9.17) is 16.1 Å². The van der Waals surface area contributed by atoms with Gasteiger partial charge in [0.2, 0.25) is 15.8 Å². The van der Waals surface area contributed by atoms with Crippen LogP contribution in [0.25, 0.3) is 11.5 Å². The highest BCUT2D eigenvalue weighted by molar-refractivity contribution is 7.89. The summed E-state index contributed by atoms with van der Waals surface area (Å²) in [5.41, 5.74) is -0.507. The van der Waals surface area contributed by atoms with Crippen molar-refractivity contribution in [3.05, 3.63) is 68.7 Å². The molecule has 1 aromatic heterocycles. The maximum absolute atomic E-state index is 13.8. The first-order chi connectivity index (χ1) is 13.6. The van der Waals surface area contributed by atoms with Gasteiger partial charge < -0.3 is 4.52 Å². The Hall–Kier alpha value is -2.89. The molecule has 1 heterocycles. The SMILES string of the molecule is Cc1cc(S(=O)(=O)NC(C)c2noc(-c3ccc(Cl)cc3)n2)cc([N+](=O)[O-])c1F. The number of hydrogen-bond donors (Lipinski definition) is 1. The molecule has 0 aliphatic rings. The van der Waals surface area contributed by atoms with Gasteiger partial charge in [-0.25, -0.2) is 13.1 Å². The quantitative estimate of drug-likeness (QED) is 0.456. The lowest BCUT2D eigenvalue weighted by Crippen LogP contribution is -2.27. The molecule has 152 valence electrons. The molecular weight excluding hydrogens is 427 g/mol. The minimum atomic E-state index is -4.22. The molecule has 2 aromatic carbocycles. The predicted octanol–water partition coefficient (Wildman–Crippen LogP) is 3.79. The van der Waals surface area contributed by atoms with Crippen molar-refractivity contribution in [1.29, 1.82) is 0 Å². The number of aromatic nitrogens is 2. The molecule has 0 amide bonds. The summed E-state index contributed by atoms with van der Waals surface area (Å²) in [4.78, 5) is 13.7. The van der Waals surface area contributed by atoms with Crippen LogP contribution < -0.4 is 4.72 Å². The third-order valence-electron chi connectivity index (χ3n) is 3.97. The molecule has 0 radical (unpaired) electrons. The Morgan fingerprint density at radius 2 is 1.93 bits per heavy atom. The van der Waals surface area contributed by atoms with Crippen molar-refractivity contribution < 1.29 is 22.3 Å². The Kier molecular flexibility index (Phi) is 5.64. The zero-order valence-corrected chi connectivity index (χ0v) is 16.7. The largest absolute Gasteiger partial charge is 0.334 e. The molecule has 0 aliphatic heterocycles. The van der Waals surface area contributed by atoms with Gasteiger partial charge in [-0.3, -0.25) is 10.1 Å². The zero-order valence-electron chi connectivity index (χ0n) is 15.1. The van der Waals surface area contributed by atoms with Gasteiger partial charge in [0.05, 0.1) is 15.9 Å². The van der Waals surface area contributed by atoms with Gasteiger partial charge in [0.15, 0.2) is 5.82 Å². The topological polar surface area (TPSA) is 128 Å². The van der Waals surface area contributed by atoms with E-state index >= 15 is 0 Å². The van der Waals surface area contributed by atoms with E-state index < -0.39 is 37.4 Å². The van der Waals surface area contributed by atoms with E-state index in [0.717, 1.165) is 6.07 Å². The van der Waals surface area contributed by atoms with Crippen LogP contribution in [0.5, 0.6) is 0 Å². The van der Waals surface area contributed by atoms with Crippen LogP contribution in [-0.4, -0.2) is 23.5 Å². The molecule has 1 atom stereocenters. The van der Waals surface area contributed by atoms with Crippen molar-refractivity contribution in [2.75, 3.05) is 0 Å². The summed E-state index contributed by atoms with van der Waals surface area (Å²) in [6.07, 6.45) is 0. The highest BCUT2D eigenvalue weighted by Gasteiger charge is 2.27. The Morgan fingerprint density at radius 3 is 2.55 bits per heavy atom. The lowest BCUT2D eigenvalue weighted by Gasteiger charge is -2.11. The summed E-state index contributed by atoms with van der Waals surface area (Å²) < 4.78 is 46.5. The minimum absolute atomic E-state index is 0.0480. The number of nitro benzene ring substituents is 1. The smallest absolute Gasteiger partial charge is 0.306 e. The number of halogens is 2. The third-order valence-corrected chi connectivity index (χ3v) is 5.74. The summed E-state index contributed by atoms with van der Waals surface area (Å²) in [6.45, 7) is 2.71. The number of nitro groups is 1. The lowest BCUT2D eigenvalue weighted by molar-refractivity contribution is -0.387. The molecule has 12 heteroatoms. The summed E-state index contributed by atoms with van der Waals surface area (Å²) in [5, 5.41) is 15.2. The third kappa shape index (κ3) is 4.42. The fraction of sp³-hybridized carbons (Fsp3) is 0.176. The fourth-order valence-electron chi connectivity index (χ4n) is 2.48. The molecule has 0 spiro atoms. The monoisotopic (exact) mass is 440 g/mol. The Morgan fingerprint density at radius 1 is 1.28 bits per heavy atom. The summed E-state index contributed by atoms with van der Waals surface area (Å²) in [6, 6.07) is 7.34. The van der Waals surface area contributed by atoms with Gasteiger partial charge in [-0.2, -0.15) is 9.37 Å². The van der Waals surface area contributed by atoms with Crippen molar-refractivity contribution in [2.45, 2.75) is 24.8 Å². The molecule has 1 N–H and O–H groups in total. The summed E-state index contributed by atoms with van der Waals surface area (Å²) in [7, 11) is -4.22. The standard InChI is InChI=1S/C17H14ClFN4O5S/c1-9-7-13(8-14(15(9)19)23(24)25)29(26,27)22-10(2)16-20-17(28-21-16)11-3-5-12(18)6-4-11/h3-8,10,22H,1-2H3. The van der Waals surface area contributed by atoms with Gasteiger partial charge in [-0.1, -0.05) is 16.8 Å². The Bertz CT molecular complexity index is 1180. The van der Waals surface area contributed by atoms with E-state index in [1.807, 2.05) is 0 Å². The number of nitrogens with zero attached hydrogens (tertiary/aromatic N) is 3. The van der Waals surface area contributed by atoms with Gasteiger partial charge in [-0.15, -0.1) is 0 Å². The molecule has 0 fully saturated rings. The van der Waals surface area contributed by atoms with E-state index in [-0.39, 0.29) is 17.3 Å². The van der Waals surface area contributed by atoms with Crippen LogP contribution in [0, 0.1) is 22.9 Å². The van der Waals surface area contributed by atoms with E-state index in [2.05, 4.69) is 14.9 Å². The highest BCUT2D eigenvalue weighted by atomic mass is 35.5. The predicted molar refractivity (Wildman–Crippen MR) is 101 cm³/mol. The summed E-state index contributed by atoms with van der Waals surface area (Å²) in [5.74, 6) is -0.879. The number of nitrogens with one attached hydrogen (secondary N) is 1. The Labute approximate surface area is 169 Å². The van der Waals surface area contributed by atoms with Gasteiger partial charge in [0.25, 0.3) is 5.89 Å². The van der Waals surface area contributed by atoms with Crippen LogP contribution >= 0.6 is 11.6 Å². The summed E-state index contributed by atoms with van der Waals surface area (Å²) >= 11 is 5.83. The number of hydrogen-bond acceptors (Lipinski definition) is 7. The van der Waals surface area contributed by atoms with Gasteiger partial charge in [0, 0.05) is 16.7 Å². The molecule has 0 saturated carbocycles. The molecule has 0 aliphatic carbocycles. The van der Waals surface area contributed by atoms with E-state index in [0.29, 0.717) is 16.7 Å². The van der Waals surface area contributed by atoms with Crippen molar-refractivity contribution >= 4 is 27.3 Å². The second kappa shape index (κ2) is 7.85. The van der Waals surface area contributed by atoms with Crippen LogP contribution in [0.2, 0.25) is 5.02 Å². The molecule has 1 unspecified atom stereocenters. The van der Waals surface area contributed by atoms with Crippen molar-refractivity contribution in [2.24, 2.45) is 0 Å². The Balaban J connectivity index is 1.86. The molecule has 0 bridgehead atoms. The first kappa shape index (κ1) is 20.8. The number of benzene rings is 2. The van der Waals surface area contributed by atoms with E-state index in [1.54, 1.807) is 24.3 Å². The average Bonchev–Trinajstić information content (AvgIpc) is 3.14. The van der Waals surface area contributed by atoms with Crippen LogP contribution in [0.1, 0.15) is 24.4 Å².